The van der Waals surface area contributed by atoms with Gasteiger partial charge in [-0.2, -0.15) is 0 Å². The summed E-state index contributed by atoms with van der Waals surface area (Å²) < 4.78 is 0. The molecule has 5 heteroatoms. The van der Waals surface area contributed by atoms with E-state index in [4.69, 9.17) is 0 Å². The van der Waals surface area contributed by atoms with E-state index >= 15 is 0 Å². The lowest BCUT2D eigenvalue weighted by Gasteiger charge is -2.06. The summed E-state index contributed by atoms with van der Waals surface area (Å²) in [4.78, 5) is 22.2. The van der Waals surface area contributed by atoms with Gasteiger partial charge in [0.25, 0.3) is 0 Å². The maximum absolute atomic E-state index is 11.2. The number of hydrogen-bond donors (Lipinski definition) is 2. The topological polar surface area (TPSA) is 58.2 Å². The summed E-state index contributed by atoms with van der Waals surface area (Å²) in [6.07, 6.45) is 3.42. The number of rotatable bonds is 6. The third kappa shape index (κ3) is 5.77. The van der Waals surface area contributed by atoms with Crippen LogP contribution in [0.5, 0.6) is 0 Å². The predicted molar refractivity (Wildman–Crippen MR) is 61.8 cm³/mol. The lowest BCUT2D eigenvalue weighted by Crippen LogP contribution is -2.31. The van der Waals surface area contributed by atoms with Crippen LogP contribution in [0.2, 0.25) is 0 Å². The molecule has 0 spiro atoms. The van der Waals surface area contributed by atoms with Crippen molar-refractivity contribution in [2.24, 2.45) is 0 Å². The summed E-state index contributed by atoms with van der Waals surface area (Å²) >= 11 is 3.17. The van der Waals surface area contributed by atoms with Gasteiger partial charge in [0.15, 0.2) is 0 Å². The van der Waals surface area contributed by atoms with E-state index in [1.54, 1.807) is 6.92 Å². The molecular formula is C10H17BrN2O2. The zero-order chi connectivity index (χ0) is 11.3. The highest BCUT2D eigenvalue weighted by atomic mass is 79.9. The standard InChI is InChI=1S/C10H17BrN2O2/c1-7(11)10(15)12-6-2-3-9(14)13-8-4-5-8/h7-8H,2-6H2,1H3,(H,12,15)(H,13,14). The molecule has 1 atom stereocenters. The smallest absolute Gasteiger partial charge is 0.233 e. The highest BCUT2D eigenvalue weighted by Gasteiger charge is 2.22. The Bertz CT molecular complexity index is 240. The second-order valence-corrected chi connectivity index (χ2v) is 5.23. The molecule has 0 heterocycles. The van der Waals surface area contributed by atoms with E-state index in [1.165, 1.54) is 0 Å². The molecule has 1 aliphatic rings. The van der Waals surface area contributed by atoms with Crippen LogP contribution in [0.3, 0.4) is 0 Å². The molecule has 1 fully saturated rings. The van der Waals surface area contributed by atoms with Crippen LogP contribution >= 0.6 is 15.9 Å². The molecule has 1 unspecified atom stereocenters. The van der Waals surface area contributed by atoms with Crippen LogP contribution in [0.1, 0.15) is 32.6 Å². The van der Waals surface area contributed by atoms with Gasteiger partial charge in [-0.15, -0.1) is 0 Å². The maximum Gasteiger partial charge on any atom is 0.233 e. The van der Waals surface area contributed by atoms with Crippen LogP contribution in [0.25, 0.3) is 0 Å². The van der Waals surface area contributed by atoms with Crippen molar-refractivity contribution in [3.05, 3.63) is 0 Å². The predicted octanol–water partition coefficient (Wildman–Crippen LogP) is 0.945. The molecular weight excluding hydrogens is 260 g/mol. The Morgan fingerprint density at radius 1 is 1.47 bits per heavy atom. The molecule has 2 amide bonds. The van der Waals surface area contributed by atoms with Crippen molar-refractivity contribution in [2.45, 2.75) is 43.5 Å². The largest absolute Gasteiger partial charge is 0.355 e. The number of halogens is 1. The Morgan fingerprint density at radius 3 is 2.67 bits per heavy atom. The molecule has 0 bridgehead atoms. The molecule has 4 nitrogen and oxygen atoms in total. The van der Waals surface area contributed by atoms with Crippen LogP contribution in [-0.2, 0) is 9.59 Å². The monoisotopic (exact) mass is 276 g/mol. The van der Waals surface area contributed by atoms with Gasteiger partial charge in [-0.1, -0.05) is 15.9 Å². The van der Waals surface area contributed by atoms with Crippen molar-refractivity contribution in [3.63, 3.8) is 0 Å². The van der Waals surface area contributed by atoms with E-state index in [0.717, 1.165) is 12.8 Å². The maximum atomic E-state index is 11.2. The third-order valence-corrected chi connectivity index (χ3v) is 2.60. The van der Waals surface area contributed by atoms with Crippen molar-refractivity contribution in [1.29, 1.82) is 0 Å². The second kappa shape index (κ2) is 6.10. The van der Waals surface area contributed by atoms with E-state index in [-0.39, 0.29) is 16.6 Å². The first kappa shape index (κ1) is 12.5. The molecule has 0 aliphatic heterocycles. The van der Waals surface area contributed by atoms with Crippen molar-refractivity contribution < 1.29 is 9.59 Å². The molecule has 86 valence electrons. The SMILES string of the molecule is CC(Br)C(=O)NCCCC(=O)NC1CC1. The van der Waals surface area contributed by atoms with Crippen molar-refractivity contribution in [2.75, 3.05) is 6.54 Å². The molecule has 2 N–H and O–H groups in total. The number of hydrogen-bond acceptors (Lipinski definition) is 2. The third-order valence-electron chi connectivity index (χ3n) is 2.18. The van der Waals surface area contributed by atoms with Crippen molar-refractivity contribution in [1.82, 2.24) is 10.6 Å². The van der Waals surface area contributed by atoms with Crippen molar-refractivity contribution >= 4 is 27.7 Å². The summed E-state index contributed by atoms with van der Waals surface area (Å²) in [7, 11) is 0. The normalized spacial score (nSPS) is 16.9. The fourth-order valence-corrected chi connectivity index (χ4v) is 1.29. The highest BCUT2D eigenvalue weighted by molar-refractivity contribution is 9.10. The lowest BCUT2D eigenvalue weighted by molar-refractivity contribution is -0.122. The minimum Gasteiger partial charge on any atom is -0.355 e. The van der Waals surface area contributed by atoms with E-state index in [0.29, 0.717) is 25.4 Å². The van der Waals surface area contributed by atoms with Crippen LogP contribution < -0.4 is 10.6 Å². The average Bonchev–Trinajstić information content (AvgIpc) is 2.95. The van der Waals surface area contributed by atoms with Gasteiger partial charge in [-0.3, -0.25) is 9.59 Å². The van der Waals surface area contributed by atoms with Gasteiger partial charge >= 0.3 is 0 Å². The first-order chi connectivity index (χ1) is 7.09. The number of alkyl halides is 1. The number of nitrogens with one attached hydrogen (secondary N) is 2. The van der Waals surface area contributed by atoms with Crippen LogP contribution in [0, 0.1) is 0 Å². The van der Waals surface area contributed by atoms with Crippen molar-refractivity contribution in [3.8, 4) is 0 Å². The molecule has 0 saturated heterocycles. The Morgan fingerprint density at radius 2 is 2.13 bits per heavy atom. The van der Waals surface area contributed by atoms with Crippen LogP contribution in [0.15, 0.2) is 0 Å². The molecule has 15 heavy (non-hydrogen) atoms. The summed E-state index contributed by atoms with van der Waals surface area (Å²) in [5.74, 6) is 0.0660. The fourth-order valence-electron chi connectivity index (χ4n) is 1.13. The fraction of sp³-hybridized carbons (Fsp3) is 0.800. The Labute approximate surface area is 98.3 Å². The zero-order valence-corrected chi connectivity index (χ0v) is 10.5. The van der Waals surface area contributed by atoms with Gasteiger partial charge in [0, 0.05) is 19.0 Å². The molecule has 1 saturated carbocycles. The minimum absolute atomic E-state index is 0.0300. The molecule has 1 rings (SSSR count). The highest BCUT2D eigenvalue weighted by Crippen LogP contribution is 2.18. The lowest BCUT2D eigenvalue weighted by atomic mass is 10.3. The van der Waals surface area contributed by atoms with Crippen LogP contribution in [0.4, 0.5) is 0 Å². The molecule has 0 radical (unpaired) electrons. The minimum atomic E-state index is -0.169. The first-order valence-electron chi connectivity index (χ1n) is 5.30. The van der Waals surface area contributed by atoms with E-state index in [9.17, 15) is 9.59 Å². The average molecular weight is 277 g/mol. The van der Waals surface area contributed by atoms with Gasteiger partial charge in [-0.05, 0) is 26.2 Å². The second-order valence-electron chi connectivity index (χ2n) is 3.85. The van der Waals surface area contributed by atoms with E-state index < -0.39 is 0 Å². The summed E-state index contributed by atoms with van der Waals surface area (Å²) in [5, 5.41) is 5.64. The zero-order valence-electron chi connectivity index (χ0n) is 8.88. The number of carbonyl (C=O) groups is 2. The van der Waals surface area contributed by atoms with Crippen LogP contribution in [-0.4, -0.2) is 29.2 Å². The molecule has 0 aromatic rings. The van der Waals surface area contributed by atoms with Gasteiger partial charge in [0.2, 0.25) is 11.8 Å². The molecule has 0 aromatic heterocycles. The van der Waals surface area contributed by atoms with E-state index in [1.807, 2.05) is 0 Å². The Hall–Kier alpha value is -0.580. The van der Waals surface area contributed by atoms with Gasteiger partial charge in [-0.25, -0.2) is 0 Å². The van der Waals surface area contributed by atoms with Gasteiger partial charge < -0.3 is 10.6 Å². The molecule has 1 aliphatic carbocycles. The van der Waals surface area contributed by atoms with E-state index in [2.05, 4.69) is 26.6 Å². The Kier molecular flexibility index (Phi) is 5.08. The van der Waals surface area contributed by atoms with Gasteiger partial charge in [0.05, 0.1) is 4.83 Å². The summed E-state index contributed by atoms with van der Waals surface area (Å²) in [6, 6.07) is 0.426. The molecule has 0 aromatic carbocycles. The Balaban J connectivity index is 1.95. The summed E-state index contributed by atoms with van der Waals surface area (Å²) in [6.45, 7) is 2.34. The quantitative estimate of drug-likeness (QED) is 0.561. The summed E-state index contributed by atoms with van der Waals surface area (Å²) in [5.41, 5.74) is 0. The first-order valence-corrected chi connectivity index (χ1v) is 6.22. The number of carbonyl (C=O) groups excluding carboxylic acids is 2. The number of amides is 2. The van der Waals surface area contributed by atoms with Gasteiger partial charge in [0.1, 0.15) is 0 Å².